The van der Waals surface area contributed by atoms with Crippen molar-refractivity contribution in [1.29, 1.82) is 0 Å². The fourth-order valence-corrected chi connectivity index (χ4v) is 2.82. The van der Waals surface area contributed by atoms with Crippen LogP contribution in [-0.2, 0) is 11.3 Å². The van der Waals surface area contributed by atoms with Gasteiger partial charge in [-0.1, -0.05) is 6.07 Å². The van der Waals surface area contributed by atoms with Crippen molar-refractivity contribution in [3.8, 4) is 0 Å². The number of carbonyl (C=O) groups is 1. The molecule has 2 heterocycles. The quantitative estimate of drug-likeness (QED) is 0.706. The number of aromatic nitrogens is 1. The van der Waals surface area contributed by atoms with Gasteiger partial charge in [0, 0.05) is 11.6 Å². The number of nitrogens with one attached hydrogen (secondary N) is 1. The average Bonchev–Trinajstić information content (AvgIpc) is 2.94. The SMILES string of the molecule is O=C(Nc1cccc2ncccc12)c1cc2c(cc1F)COB2O. The van der Waals surface area contributed by atoms with Gasteiger partial charge in [0.1, 0.15) is 5.82 Å². The van der Waals surface area contributed by atoms with Crippen LogP contribution in [0.25, 0.3) is 10.9 Å². The Bertz CT molecular complexity index is 958. The summed E-state index contributed by atoms with van der Waals surface area (Å²) < 4.78 is 19.3. The number of carbonyl (C=O) groups excluding carboxylic acids is 1. The van der Waals surface area contributed by atoms with Crippen LogP contribution in [0.2, 0.25) is 0 Å². The number of halogens is 1. The van der Waals surface area contributed by atoms with Gasteiger partial charge in [0.05, 0.1) is 23.4 Å². The maximum Gasteiger partial charge on any atom is 0.491 e. The lowest BCUT2D eigenvalue weighted by Gasteiger charge is -2.10. The summed E-state index contributed by atoms with van der Waals surface area (Å²) >= 11 is 0. The summed E-state index contributed by atoms with van der Waals surface area (Å²) in [5.74, 6) is -1.24. The summed E-state index contributed by atoms with van der Waals surface area (Å²) in [6.07, 6.45) is 1.66. The second-order valence-corrected chi connectivity index (χ2v) is 5.52. The second kappa shape index (κ2) is 5.70. The van der Waals surface area contributed by atoms with E-state index in [1.165, 1.54) is 12.1 Å². The van der Waals surface area contributed by atoms with E-state index in [1.54, 1.807) is 24.4 Å². The van der Waals surface area contributed by atoms with Crippen molar-refractivity contribution in [2.75, 3.05) is 5.32 Å². The summed E-state index contributed by atoms with van der Waals surface area (Å²) in [7, 11) is -1.13. The molecule has 24 heavy (non-hydrogen) atoms. The highest BCUT2D eigenvalue weighted by molar-refractivity contribution is 6.61. The van der Waals surface area contributed by atoms with Crippen LogP contribution in [0.15, 0.2) is 48.7 Å². The molecule has 0 spiro atoms. The Morgan fingerprint density at radius 1 is 1.29 bits per heavy atom. The summed E-state index contributed by atoms with van der Waals surface area (Å²) in [6.45, 7) is 0.129. The zero-order valence-electron chi connectivity index (χ0n) is 12.5. The largest absolute Gasteiger partial charge is 0.491 e. The van der Waals surface area contributed by atoms with E-state index < -0.39 is 18.8 Å². The van der Waals surface area contributed by atoms with E-state index in [0.717, 1.165) is 10.9 Å². The number of anilines is 1. The maximum atomic E-state index is 14.2. The lowest BCUT2D eigenvalue weighted by molar-refractivity contribution is 0.102. The first-order valence-corrected chi connectivity index (χ1v) is 7.40. The molecule has 1 aliphatic heterocycles. The van der Waals surface area contributed by atoms with Crippen LogP contribution in [0.4, 0.5) is 10.1 Å². The molecule has 118 valence electrons. The number of pyridine rings is 1. The van der Waals surface area contributed by atoms with Gasteiger partial charge in [-0.2, -0.15) is 0 Å². The second-order valence-electron chi connectivity index (χ2n) is 5.52. The maximum absolute atomic E-state index is 14.2. The number of nitrogens with zero attached hydrogens (tertiary/aromatic N) is 1. The van der Waals surface area contributed by atoms with Gasteiger partial charge in [-0.3, -0.25) is 9.78 Å². The first-order valence-electron chi connectivity index (χ1n) is 7.40. The van der Waals surface area contributed by atoms with E-state index in [2.05, 4.69) is 10.3 Å². The third-order valence-electron chi connectivity index (χ3n) is 4.03. The predicted molar refractivity (Wildman–Crippen MR) is 88.5 cm³/mol. The molecule has 1 aliphatic rings. The van der Waals surface area contributed by atoms with E-state index >= 15 is 0 Å². The molecular formula is C17H12BFN2O3. The van der Waals surface area contributed by atoms with Crippen molar-refractivity contribution >= 4 is 35.1 Å². The topological polar surface area (TPSA) is 71.5 Å². The van der Waals surface area contributed by atoms with Crippen molar-refractivity contribution in [2.24, 2.45) is 0 Å². The summed E-state index contributed by atoms with van der Waals surface area (Å²) in [4.78, 5) is 16.7. The molecule has 1 aromatic heterocycles. The highest BCUT2D eigenvalue weighted by atomic mass is 19.1. The minimum atomic E-state index is -1.13. The number of hydrogen-bond donors (Lipinski definition) is 2. The molecule has 0 unspecified atom stereocenters. The molecule has 1 amide bonds. The first kappa shape index (κ1) is 14.8. The van der Waals surface area contributed by atoms with E-state index in [-0.39, 0.29) is 12.2 Å². The van der Waals surface area contributed by atoms with Gasteiger partial charge in [-0.05, 0) is 47.4 Å². The van der Waals surface area contributed by atoms with Crippen molar-refractivity contribution in [3.63, 3.8) is 0 Å². The summed E-state index contributed by atoms with van der Waals surface area (Å²) in [6, 6.07) is 11.5. The van der Waals surface area contributed by atoms with Crippen LogP contribution in [0.3, 0.4) is 0 Å². The first-order chi connectivity index (χ1) is 11.6. The van der Waals surface area contributed by atoms with Gasteiger partial charge in [0.15, 0.2) is 0 Å². The number of fused-ring (bicyclic) bond motifs is 2. The van der Waals surface area contributed by atoms with E-state index in [0.29, 0.717) is 16.7 Å². The van der Waals surface area contributed by atoms with Gasteiger partial charge in [-0.15, -0.1) is 0 Å². The lowest BCUT2D eigenvalue weighted by Crippen LogP contribution is -2.30. The molecule has 7 heteroatoms. The Labute approximate surface area is 137 Å². The van der Waals surface area contributed by atoms with Gasteiger partial charge >= 0.3 is 7.12 Å². The normalized spacial score (nSPS) is 13.2. The van der Waals surface area contributed by atoms with Crippen molar-refractivity contribution in [3.05, 3.63) is 65.6 Å². The van der Waals surface area contributed by atoms with E-state index in [4.69, 9.17) is 4.65 Å². The fourth-order valence-electron chi connectivity index (χ4n) is 2.82. The van der Waals surface area contributed by atoms with Crippen molar-refractivity contribution < 1.29 is 18.9 Å². The molecule has 3 aromatic rings. The highest BCUT2D eigenvalue weighted by Crippen LogP contribution is 2.23. The molecule has 0 fully saturated rings. The van der Waals surface area contributed by atoms with Gasteiger partial charge in [0.25, 0.3) is 5.91 Å². The van der Waals surface area contributed by atoms with Crippen LogP contribution in [0.1, 0.15) is 15.9 Å². The molecule has 0 aliphatic carbocycles. The molecule has 0 atom stereocenters. The zero-order chi connectivity index (χ0) is 16.7. The van der Waals surface area contributed by atoms with E-state index in [1.807, 2.05) is 12.1 Å². The Morgan fingerprint density at radius 3 is 3.04 bits per heavy atom. The third kappa shape index (κ3) is 2.44. The minimum Gasteiger partial charge on any atom is -0.423 e. The fraction of sp³-hybridized carbons (Fsp3) is 0.0588. The molecule has 0 bridgehead atoms. The predicted octanol–water partition coefficient (Wildman–Crippen LogP) is 1.84. The monoisotopic (exact) mass is 322 g/mol. The number of hydrogen-bond acceptors (Lipinski definition) is 4. The Balaban J connectivity index is 1.71. The van der Waals surface area contributed by atoms with E-state index in [9.17, 15) is 14.2 Å². The standard InChI is InChI=1S/C17H12BFN2O3/c19-14-7-10-9-24-18(23)13(10)8-12(14)17(22)21-16-5-1-4-15-11(16)3-2-6-20-15/h1-8,23H,9H2,(H,21,22). The van der Waals surface area contributed by atoms with Crippen molar-refractivity contribution in [2.45, 2.75) is 6.61 Å². The highest BCUT2D eigenvalue weighted by Gasteiger charge is 2.30. The molecule has 5 nitrogen and oxygen atoms in total. The van der Waals surface area contributed by atoms with Crippen LogP contribution < -0.4 is 10.8 Å². The number of rotatable bonds is 2. The molecule has 0 saturated carbocycles. The van der Waals surface area contributed by atoms with Gasteiger partial charge in [-0.25, -0.2) is 4.39 Å². The number of amides is 1. The Kier molecular flexibility index (Phi) is 3.52. The van der Waals surface area contributed by atoms with Crippen molar-refractivity contribution in [1.82, 2.24) is 4.98 Å². The smallest absolute Gasteiger partial charge is 0.423 e. The van der Waals surface area contributed by atoms with Gasteiger partial charge in [0.2, 0.25) is 0 Å². The lowest BCUT2D eigenvalue weighted by atomic mass is 9.78. The molecular weight excluding hydrogens is 310 g/mol. The van der Waals surface area contributed by atoms with Crippen LogP contribution in [0, 0.1) is 5.82 Å². The molecule has 2 N–H and O–H groups in total. The van der Waals surface area contributed by atoms with Crippen LogP contribution >= 0.6 is 0 Å². The summed E-state index contributed by atoms with van der Waals surface area (Å²) in [5.41, 5.74) is 2.10. The minimum absolute atomic E-state index is 0.129. The average molecular weight is 322 g/mol. The number of benzene rings is 2. The van der Waals surface area contributed by atoms with Crippen LogP contribution in [0.5, 0.6) is 0 Å². The summed E-state index contributed by atoms with van der Waals surface area (Å²) in [5, 5.41) is 13.2. The molecule has 0 radical (unpaired) electrons. The van der Waals surface area contributed by atoms with Gasteiger partial charge < -0.3 is 15.0 Å². The molecule has 0 saturated heterocycles. The molecule has 2 aromatic carbocycles. The Hall–Kier alpha value is -2.77. The van der Waals surface area contributed by atoms with Crippen LogP contribution in [-0.4, -0.2) is 23.0 Å². The molecule has 4 rings (SSSR count). The Morgan fingerprint density at radius 2 is 2.17 bits per heavy atom. The third-order valence-corrected chi connectivity index (χ3v) is 4.03. The zero-order valence-corrected chi connectivity index (χ0v) is 12.5.